The second-order valence-electron chi connectivity index (χ2n) is 6.57. The molecule has 0 aliphatic rings. The van der Waals surface area contributed by atoms with E-state index in [2.05, 4.69) is 45.1 Å². The first-order valence-corrected chi connectivity index (χ1v) is 6.89. The van der Waals surface area contributed by atoms with Gasteiger partial charge in [0.05, 0.1) is 0 Å². The lowest BCUT2D eigenvalue weighted by molar-refractivity contribution is 0.226. The van der Waals surface area contributed by atoms with Gasteiger partial charge >= 0.3 is 0 Å². The van der Waals surface area contributed by atoms with E-state index >= 15 is 0 Å². The van der Waals surface area contributed by atoms with Crippen molar-refractivity contribution < 1.29 is 5.11 Å². The summed E-state index contributed by atoms with van der Waals surface area (Å²) in [7, 11) is 4.19. The van der Waals surface area contributed by atoms with Gasteiger partial charge in [0.15, 0.2) is 0 Å². The number of nitrogens with zero attached hydrogens (tertiary/aromatic N) is 1. The number of nitrogens with one attached hydrogen (secondary N) is 1. The summed E-state index contributed by atoms with van der Waals surface area (Å²) in [5, 5.41) is 13.5. The monoisotopic (exact) mass is 264 g/mol. The van der Waals surface area contributed by atoms with Crippen LogP contribution in [0, 0.1) is 12.3 Å². The van der Waals surface area contributed by atoms with Crippen LogP contribution in [0.15, 0.2) is 18.2 Å². The zero-order valence-corrected chi connectivity index (χ0v) is 13.1. The fraction of sp³-hybridized carbons (Fsp3) is 0.625. The molecule has 0 saturated carbocycles. The number of hydrogen-bond acceptors (Lipinski definition) is 3. The second kappa shape index (κ2) is 6.40. The van der Waals surface area contributed by atoms with Gasteiger partial charge in [-0.05, 0) is 39.4 Å². The van der Waals surface area contributed by atoms with E-state index in [0.717, 1.165) is 18.7 Å². The Kier molecular flexibility index (Phi) is 5.39. The molecule has 1 unspecified atom stereocenters. The van der Waals surface area contributed by atoms with E-state index < -0.39 is 0 Å². The SMILES string of the molecule is Cc1ccc(O)c(C(C)NCC(C)(C)CN(C)C)c1. The van der Waals surface area contributed by atoms with Crippen molar-refractivity contribution in [3.05, 3.63) is 29.3 Å². The molecule has 1 aromatic rings. The maximum Gasteiger partial charge on any atom is 0.120 e. The van der Waals surface area contributed by atoms with E-state index in [1.54, 1.807) is 6.07 Å². The third kappa shape index (κ3) is 5.21. The quantitative estimate of drug-likeness (QED) is 0.829. The largest absolute Gasteiger partial charge is 0.508 e. The van der Waals surface area contributed by atoms with Gasteiger partial charge in [-0.1, -0.05) is 31.5 Å². The van der Waals surface area contributed by atoms with Gasteiger partial charge in [0.1, 0.15) is 5.75 Å². The van der Waals surface area contributed by atoms with Gasteiger partial charge < -0.3 is 15.3 Å². The van der Waals surface area contributed by atoms with Crippen molar-refractivity contribution in [2.24, 2.45) is 5.41 Å². The van der Waals surface area contributed by atoms with Crippen LogP contribution >= 0.6 is 0 Å². The maximum atomic E-state index is 9.93. The number of hydrogen-bond donors (Lipinski definition) is 2. The maximum absolute atomic E-state index is 9.93. The van der Waals surface area contributed by atoms with Crippen molar-refractivity contribution in [3.8, 4) is 5.75 Å². The molecule has 0 aromatic heterocycles. The molecular weight excluding hydrogens is 236 g/mol. The highest BCUT2D eigenvalue weighted by atomic mass is 16.3. The molecule has 0 fully saturated rings. The summed E-state index contributed by atoms with van der Waals surface area (Å²) < 4.78 is 0. The highest BCUT2D eigenvalue weighted by Crippen LogP contribution is 2.26. The van der Waals surface area contributed by atoms with Crippen LogP contribution < -0.4 is 5.32 Å². The van der Waals surface area contributed by atoms with E-state index in [1.165, 1.54) is 5.56 Å². The van der Waals surface area contributed by atoms with Crippen LogP contribution in [-0.2, 0) is 0 Å². The fourth-order valence-corrected chi connectivity index (χ4v) is 2.47. The Bertz CT molecular complexity index is 413. The fourth-order valence-electron chi connectivity index (χ4n) is 2.47. The summed E-state index contributed by atoms with van der Waals surface area (Å²) in [6, 6.07) is 5.91. The molecule has 0 amide bonds. The molecule has 0 bridgehead atoms. The van der Waals surface area contributed by atoms with E-state index in [-0.39, 0.29) is 11.5 Å². The third-order valence-electron chi connectivity index (χ3n) is 3.28. The predicted octanol–water partition coefficient (Wildman–Crippen LogP) is 2.94. The summed E-state index contributed by atoms with van der Waals surface area (Å²) in [6.07, 6.45) is 0. The van der Waals surface area contributed by atoms with E-state index in [1.807, 2.05) is 19.1 Å². The van der Waals surface area contributed by atoms with Crippen LogP contribution in [0.25, 0.3) is 0 Å². The smallest absolute Gasteiger partial charge is 0.120 e. The average molecular weight is 264 g/mol. The number of phenolic OH excluding ortho intramolecular Hbond substituents is 1. The van der Waals surface area contributed by atoms with E-state index in [0.29, 0.717) is 5.75 Å². The Hall–Kier alpha value is -1.06. The van der Waals surface area contributed by atoms with Crippen molar-refractivity contribution >= 4 is 0 Å². The highest BCUT2D eigenvalue weighted by Gasteiger charge is 2.20. The summed E-state index contributed by atoms with van der Waals surface area (Å²) in [5.74, 6) is 0.371. The van der Waals surface area contributed by atoms with Crippen molar-refractivity contribution in [1.29, 1.82) is 0 Å². The molecular formula is C16H28N2O. The zero-order valence-electron chi connectivity index (χ0n) is 13.1. The van der Waals surface area contributed by atoms with Crippen LogP contribution in [0.4, 0.5) is 0 Å². The average Bonchev–Trinajstić information content (AvgIpc) is 2.27. The molecule has 1 atom stereocenters. The zero-order chi connectivity index (χ0) is 14.6. The molecule has 3 nitrogen and oxygen atoms in total. The van der Waals surface area contributed by atoms with Crippen LogP contribution in [0.2, 0.25) is 0 Å². The van der Waals surface area contributed by atoms with Crippen molar-refractivity contribution in [3.63, 3.8) is 0 Å². The molecule has 0 aliphatic carbocycles. The van der Waals surface area contributed by atoms with Crippen LogP contribution in [0.3, 0.4) is 0 Å². The summed E-state index contributed by atoms with van der Waals surface area (Å²) in [4.78, 5) is 2.20. The van der Waals surface area contributed by atoms with Crippen molar-refractivity contribution in [2.45, 2.75) is 33.7 Å². The standard InChI is InChI=1S/C16H28N2O/c1-12-7-8-15(19)14(9-12)13(2)17-10-16(3,4)11-18(5)6/h7-9,13,17,19H,10-11H2,1-6H3. The Morgan fingerprint density at radius 2 is 1.95 bits per heavy atom. The molecule has 3 heteroatoms. The van der Waals surface area contributed by atoms with Crippen LogP contribution in [0.5, 0.6) is 5.75 Å². The Morgan fingerprint density at radius 1 is 1.32 bits per heavy atom. The van der Waals surface area contributed by atoms with Crippen molar-refractivity contribution in [1.82, 2.24) is 10.2 Å². The van der Waals surface area contributed by atoms with E-state index in [4.69, 9.17) is 0 Å². The first kappa shape index (κ1) is 16.0. The lowest BCUT2D eigenvalue weighted by Gasteiger charge is -2.30. The number of benzene rings is 1. The minimum atomic E-state index is 0.154. The molecule has 0 radical (unpaired) electrons. The minimum Gasteiger partial charge on any atom is -0.508 e. The normalized spacial score (nSPS) is 13.8. The molecule has 1 aromatic carbocycles. The highest BCUT2D eigenvalue weighted by molar-refractivity contribution is 5.37. The first-order chi connectivity index (χ1) is 8.71. The van der Waals surface area contributed by atoms with E-state index in [9.17, 15) is 5.11 Å². The van der Waals surface area contributed by atoms with Gasteiger partial charge in [0, 0.05) is 24.7 Å². The molecule has 108 valence electrons. The number of rotatable bonds is 6. The Labute approximate surface area is 117 Å². The van der Waals surface area contributed by atoms with Crippen molar-refractivity contribution in [2.75, 3.05) is 27.2 Å². The minimum absolute atomic E-state index is 0.154. The molecule has 1 rings (SSSR count). The van der Waals surface area contributed by atoms with Crippen LogP contribution in [-0.4, -0.2) is 37.2 Å². The molecule has 19 heavy (non-hydrogen) atoms. The van der Waals surface area contributed by atoms with Gasteiger partial charge in [-0.15, -0.1) is 0 Å². The molecule has 0 saturated heterocycles. The predicted molar refractivity (Wildman–Crippen MR) is 81.6 cm³/mol. The molecule has 0 spiro atoms. The summed E-state index contributed by atoms with van der Waals surface area (Å²) in [6.45, 7) is 10.6. The topological polar surface area (TPSA) is 35.5 Å². The second-order valence-corrected chi connectivity index (χ2v) is 6.57. The van der Waals surface area contributed by atoms with Crippen LogP contribution in [0.1, 0.15) is 37.9 Å². The lowest BCUT2D eigenvalue weighted by atomic mass is 9.92. The van der Waals surface area contributed by atoms with Gasteiger partial charge in [0.25, 0.3) is 0 Å². The number of phenols is 1. The lowest BCUT2D eigenvalue weighted by Crippen LogP contribution is -2.38. The third-order valence-corrected chi connectivity index (χ3v) is 3.28. The Morgan fingerprint density at radius 3 is 2.53 bits per heavy atom. The van der Waals surface area contributed by atoms with Gasteiger partial charge in [0.2, 0.25) is 0 Å². The number of aryl methyl sites for hydroxylation is 1. The summed E-state index contributed by atoms with van der Waals surface area (Å²) in [5.41, 5.74) is 2.35. The van der Waals surface area contributed by atoms with Gasteiger partial charge in [-0.2, -0.15) is 0 Å². The molecule has 2 N–H and O–H groups in total. The Balaban J connectivity index is 2.65. The molecule has 0 aliphatic heterocycles. The van der Waals surface area contributed by atoms with Gasteiger partial charge in [-0.25, -0.2) is 0 Å². The molecule has 0 heterocycles. The number of aromatic hydroxyl groups is 1. The summed E-state index contributed by atoms with van der Waals surface area (Å²) >= 11 is 0. The van der Waals surface area contributed by atoms with Gasteiger partial charge in [-0.3, -0.25) is 0 Å². The first-order valence-electron chi connectivity index (χ1n) is 6.89.